The molecule has 3 saturated heterocycles. The summed E-state index contributed by atoms with van der Waals surface area (Å²) in [5, 5.41) is 24.5. The summed E-state index contributed by atoms with van der Waals surface area (Å²) in [6, 6.07) is 25.5. The number of hydrogen-bond donors (Lipinski definition) is 4. The number of carbonyl (C=O) groups excluding carboxylic acids is 2. The number of carboxylic acids is 1. The third kappa shape index (κ3) is 8.70. The van der Waals surface area contributed by atoms with E-state index >= 15 is 0 Å². The molecule has 0 bridgehead atoms. The summed E-state index contributed by atoms with van der Waals surface area (Å²) < 4.78 is 13.2. The molecule has 4 N–H and O–H groups in total. The average Bonchev–Trinajstić information content (AvgIpc) is 3.45. The zero-order chi connectivity index (χ0) is 34.9. The zero-order valence-corrected chi connectivity index (χ0v) is 28.5. The lowest BCUT2D eigenvalue weighted by atomic mass is 9.85. The van der Waals surface area contributed by atoms with E-state index in [1.165, 1.54) is 0 Å². The third-order valence-electron chi connectivity index (χ3n) is 10.2. The molecule has 3 aliphatic heterocycles. The van der Waals surface area contributed by atoms with Crippen LogP contribution in [0.15, 0.2) is 78.9 Å². The zero-order valence-electron chi connectivity index (χ0n) is 28.5. The SMILES string of the molecule is O=C(O)CCCCCCC(=O)Nc1cccc([C@H]2O[C@@H](CN3CCC4(CC3)C(=O)NCN4c3ccccc3)C[C@@H](c3ccc(CO)cc3)O2)c1. The molecular formula is C39H48N4O7. The van der Waals surface area contributed by atoms with Gasteiger partial charge in [0.2, 0.25) is 11.8 Å². The van der Waals surface area contributed by atoms with Gasteiger partial charge in [-0.1, -0.05) is 67.4 Å². The fourth-order valence-corrected chi connectivity index (χ4v) is 7.36. The fraction of sp³-hybridized carbons (Fsp3) is 0.462. The van der Waals surface area contributed by atoms with Gasteiger partial charge in [-0.2, -0.15) is 0 Å². The van der Waals surface area contributed by atoms with Crippen LogP contribution in [0.25, 0.3) is 0 Å². The molecule has 0 aliphatic carbocycles. The number of para-hydroxylation sites is 1. The molecule has 0 aromatic heterocycles. The Hall–Kier alpha value is -4.29. The Morgan fingerprint density at radius 2 is 1.62 bits per heavy atom. The van der Waals surface area contributed by atoms with Gasteiger partial charge < -0.3 is 40.1 Å². The maximum absolute atomic E-state index is 13.2. The first kappa shape index (κ1) is 35.5. The number of nitrogens with zero attached hydrogens (tertiary/aromatic N) is 2. The van der Waals surface area contributed by atoms with Crippen molar-refractivity contribution >= 4 is 29.2 Å². The number of nitrogens with one attached hydrogen (secondary N) is 2. The summed E-state index contributed by atoms with van der Waals surface area (Å²) in [6.07, 6.45) is 4.48. The van der Waals surface area contributed by atoms with E-state index in [9.17, 15) is 19.5 Å². The molecule has 1 spiro atoms. The highest BCUT2D eigenvalue weighted by molar-refractivity contribution is 5.93. The van der Waals surface area contributed by atoms with Crippen LogP contribution >= 0.6 is 0 Å². The molecule has 0 saturated carbocycles. The minimum absolute atomic E-state index is 0.0282. The summed E-state index contributed by atoms with van der Waals surface area (Å²) in [7, 11) is 0. The van der Waals surface area contributed by atoms with Crippen molar-refractivity contribution in [2.45, 2.75) is 88.4 Å². The molecule has 11 heteroatoms. The average molecular weight is 685 g/mol. The quantitative estimate of drug-likeness (QED) is 0.162. The first-order valence-corrected chi connectivity index (χ1v) is 17.8. The van der Waals surface area contributed by atoms with Gasteiger partial charge in [-0.05, 0) is 61.1 Å². The number of carbonyl (C=O) groups is 3. The monoisotopic (exact) mass is 684 g/mol. The molecule has 3 aliphatic rings. The van der Waals surface area contributed by atoms with Gasteiger partial charge in [-0.25, -0.2) is 0 Å². The van der Waals surface area contributed by atoms with Crippen LogP contribution in [0.3, 0.4) is 0 Å². The molecule has 6 rings (SSSR count). The van der Waals surface area contributed by atoms with Crippen molar-refractivity contribution in [1.82, 2.24) is 10.2 Å². The van der Waals surface area contributed by atoms with Crippen molar-refractivity contribution in [1.29, 1.82) is 0 Å². The van der Waals surface area contributed by atoms with Gasteiger partial charge in [-0.15, -0.1) is 0 Å². The molecule has 11 nitrogen and oxygen atoms in total. The Morgan fingerprint density at radius 3 is 2.34 bits per heavy atom. The number of benzene rings is 3. The molecule has 3 aromatic rings. The smallest absolute Gasteiger partial charge is 0.303 e. The van der Waals surface area contributed by atoms with Crippen molar-refractivity contribution in [3.05, 3.63) is 95.6 Å². The van der Waals surface area contributed by atoms with Gasteiger partial charge in [0.1, 0.15) is 5.54 Å². The second kappa shape index (κ2) is 16.6. The van der Waals surface area contributed by atoms with E-state index in [4.69, 9.17) is 14.6 Å². The van der Waals surface area contributed by atoms with Crippen LogP contribution in [-0.2, 0) is 30.5 Å². The van der Waals surface area contributed by atoms with E-state index in [0.29, 0.717) is 44.6 Å². The summed E-state index contributed by atoms with van der Waals surface area (Å²) >= 11 is 0. The summed E-state index contributed by atoms with van der Waals surface area (Å²) in [4.78, 5) is 41.2. The Balaban J connectivity index is 1.11. The van der Waals surface area contributed by atoms with Gasteiger partial charge in [0.15, 0.2) is 6.29 Å². The summed E-state index contributed by atoms with van der Waals surface area (Å²) in [6.45, 7) is 2.70. The number of amides is 2. The van der Waals surface area contributed by atoms with Gasteiger partial charge in [-0.3, -0.25) is 14.4 Å². The minimum Gasteiger partial charge on any atom is -0.481 e. The third-order valence-corrected chi connectivity index (χ3v) is 10.2. The largest absolute Gasteiger partial charge is 0.481 e. The van der Waals surface area contributed by atoms with Crippen molar-refractivity contribution in [3.8, 4) is 0 Å². The van der Waals surface area contributed by atoms with Gasteiger partial charge in [0.25, 0.3) is 0 Å². The number of piperidine rings is 1. The van der Waals surface area contributed by atoms with Crippen molar-refractivity contribution in [3.63, 3.8) is 0 Å². The second-order valence-electron chi connectivity index (χ2n) is 13.6. The van der Waals surface area contributed by atoms with E-state index in [2.05, 4.69) is 32.6 Å². The molecular weight excluding hydrogens is 636 g/mol. The van der Waals surface area contributed by atoms with E-state index < -0.39 is 17.8 Å². The Labute approximate surface area is 293 Å². The van der Waals surface area contributed by atoms with Crippen LogP contribution < -0.4 is 15.5 Å². The number of unbranched alkanes of at least 4 members (excludes halogenated alkanes) is 3. The standard InChI is InChI=1S/C39H48N4O7/c44-26-28-15-17-29(18-16-28)34-24-33(25-42-21-19-39(20-22-42)38(48)40-27-43(39)32-11-4-3-5-12-32)49-37(50-34)30-9-8-10-31(23-30)41-35(45)13-6-1-2-7-14-36(46)47/h3-5,8-12,15-18,23,33-34,37,44H,1-2,6-7,13-14,19-22,24-27H2,(H,40,48)(H,41,45)(H,46,47)/t33-,34+,37+/m1/s1. The lowest BCUT2D eigenvalue weighted by molar-refractivity contribution is -0.253. The predicted molar refractivity (Wildman–Crippen MR) is 189 cm³/mol. The van der Waals surface area contributed by atoms with Crippen molar-refractivity contribution in [2.24, 2.45) is 0 Å². The molecule has 50 heavy (non-hydrogen) atoms. The van der Waals surface area contributed by atoms with Gasteiger partial charge in [0.05, 0.1) is 25.5 Å². The van der Waals surface area contributed by atoms with E-state index in [1.807, 2.05) is 66.7 Å². The van der Waals surface area contributed by atoms with E-state index in [-0.39, 0.29) is 37.0 Å². The van der Waals surface area contributed by atoms with Gasteiger partial charge >= 0.3 is 5.97 Å². The number of aliphatic carboxylic acids is 1. The number of likely N-dealkylation sites (tertiary alicyclic amines) is 1. The van der Waals surface area contributed by atoms with Crippen LogP contribution in [-0.4, -0.2) is 70.8 Å². The Kier molecular flexibility index (Phi) is 11.8. The van der Waals surface area contributed by atoms with E-state index in [1.54, 1.807) is 0 Å². The number of aliphatic hydroxyl groups excluding tert-OH is 1. The van der Waals surface area contributed by atoms with Crippen molar-refractivity contribution < 1.29 is 34.1 Å². The molecule has 266 valence electrons. The lowest BCUT2D eigenvalue weighted by Crippen LogP contribution is -2.57. The highest BCUT2D eigenvalue weighted by Crippen LogP contribution is 2.40. The van der Waals surface area contributed by atoms with Crippen LogP contribution in [0, 0.1) is 0 Å². The highest BCUT2D eigenvalue weighted by atomic mass is 16.7. The fourth-order valence-electron chi connectivity index (χ4n) is 7.36. The maximum atomic E-state index is 13.2. The first-order chi connectivity index (χ1) is 24.3. The molecule has 2 amide bonds. The van der Waals surface area contributed by atoms with Crippen LogP contribution in [0.1, 0.15) is 86.9 Å². The Morgan fingerprint density at radius 1 is 0.880 bits per heavy atom. The number of carboxylic acid groups (broad SMARTS) is 1. The first-order valence-electron chi connectivity index (χ1n) is 17.8. The number of hydrogen-bond acceptors (Lipinski definition) is 8. The predicted octanol–water partition coefficient (Wildman–Crippen LogP) is 5.52. The minimum atomic E-state index is -0.791. The summed E-state index contributed by atoms with van der Waals surface area (Å²) in [5.41, 5.74) is 3.80. The Bertz CT molecular complexity index is 1590. The lowest BCUT2D eigenvalue weighted by Gasteiger charge is -2.45. The normalized spacial score (nSPS) is 22.0. The van der Waals surface area contributed by atoms with Crippen LogP contribution in [0.4, 0.5) is 11.4 Å². The van der Waals surface area contributed by atoms with Crippen LogP contribution in [0.2, 0.25) is 0 Å². The number of aliphatic hydroxyl groups is 1. The summed E-state index contributed by atoms with van der Waals surface area (Å²) in [5.74, 6) is -0.784. The molecule has 0 unspecified atom stereocenters. The molecule has 3 fully saturated rings. The maximum Gasteiger partial charge on any atom is 0.303 e. The van der Waals surface area contributed by atoms with Gasteiger partial charge in [0, 0.05) is 55.8 Å². The topological polar surface area (TPSA) is 141 Å². The van der Waals surface area contributed by atoms with Crippen LogP contribution in [0.5, 0.6) is 0 Å². The molecule has 3 aromatic carbocycles. The highest BCUT2D eigenvalue weighted by Gasteiger charge is 2.50. The number of rotatable bonds is 14. The molecule has 0 radical (unpaired) electrons. The molecule has 3 heterocycles. The van der Waals surface area contributed by atoms with E-state index in [0.717, 1.165) is 61.2 Å². The van der Waals surface area contributed by atoms with Crippen molar-refractivity contribution in [2.75, 3.05) is 36.5 Å². The number of anilines is 2. The molecule has 3 atom stereocenters. The number of ether oxygens (including phenoxy) is 2. The second-order valence-corrected chi connectivity index (χ2v) is 13.6.